The SMILES string of the molecule is COC(=O)C1=C(C(=O)OC)N(c2ccc(C(=O)N3CCCCC3C)cc2)C=CC=C1. The maximum Gasteiger partial charge on any atom is 0.355 e. The number of benzene rings is 1. The van der Waals surface area contributed by atoms with Gasteiger partial charge in [-0.2, -0.15) is 0 Å². The Morgan fingerprint density at radius 3 is 2.30 bits per heavy atom. The number of likely N-dealkylation sites (tertiary alicyclic amines) is 1. The third-order valence-electron chi connectivity index (χ3n) is 5.35. The second kappa shape index (κ2) is 9.43. The largest absolute Gasteiger partial charge is 0.465 e. The Balaban J connectivity index is 1.94. The van der Waals surface area contributed by atoms with E-state index in [1.54, 1.807) is 47.5 Å². The van der Waals surface area contributed by atoms with Gasteiger partial charge in [-0.15, -0.1) is 0 Å². The first kappa shape index (κ1) is 21.4. The van der Waals surface area contributed by atoms with Gasteiger partial charge in [-0.3, -0.25) is 4.79 Å². The first-order chi connectivity index (χ1) is 14.5. The minimum absolute atomic E-state index is 0.000749. The van der Waals surface area contributed by atoms with E-state index in [0.29, 0.717) is 11.3 Å². The van der Waals surface area contributed by atoms with Gasteiger partial charge in [0.1, 0.15) is 5.70 Å². The van der Waals surface area contributed by atoms with E-state index in [2.05, 4.69) is 6.92 Å². The number of nitrogens with zero attached hydrogens (tertiary/aromatic N) is 2. The van der Waals surface area contributed by atoms with Crippen LogP contribution in [-0.4, -0.2) is 49.6 Å². The van der Waals surface area contributed by atoms with Gasteiger partial charge in [-0.05, 0) is 62.6 Å². The molecule has 158 valence electrons. The van der Waals surface area contributed by atoms with Gasteiger partial charge in [0.15, 0.2) is 0 Å². The molecular weight excluding hydrogens is 384 g/mol. The number of amides is 1. The van der Waals surface area contributed by atoms with Crippen LogP contribution in [0, 0.1) is 0 Å². The molecule has 0 N–H and O–H groups in total. The van der Waals surface area contributed by atoms with E-state index in [0.717, 1.165) is 25.8 Å². The number of allylic oxidation sites excluding steroid dienone is 2. The summed E-state index contributed by atoms with van der Waals surface area (Å²) in [5.74, 6) is -1.32. The Labute approximate surface area is 176 Å². The Morgan fingerprint density at radius 2 is 1.67 bits per heavy atom. The molecule has 1 amide bonds. The van der Waals surface area contributed by atoms with Crippen molar-refractivity contribution < 1.29 is 23.9 Å². The smallest absolute Gasteiger partial charge is 0.355 e. The molecule has 1 aromatic carbocycles. The number of rotatable bonds is 4. The molecule has 30 heavy (non-hydrogen) atoms. The molecule has 2 aliphatic heterocycles. The van der Waals surface area contributed by atoms with Gasteiger partial charge in [0.2, 0.25) is 0 Å². The summed E-state index contributed by atoms with van der Waals surface area (Å²) in [6.45, 7) is 2.84. The molecule has 0 radical (unpaired) electrons. The minimum atomic E-state index is -0.672. The molecule has 2 heterocycles. The second-order valence-electron chi connectivity index (χ2n) is 7.21. The second-order valence-corrected chi connectivity index (χ2v) is 7.21. The van der Waals surface area contributed by atoms with Gasteiger partial charge in [0.05, 0.1) is 19.8 Å². The Hall–Kier alpha value is -3.35. The van der Waals surface area contributed by atoms with Gasteiger partial charge >= 0.3 is 11.9 Å². The lowest BCUT2D eigenvalue weighted by molar-refractivity contribution is -0.139. The Kier molecular flexibility index (Phi) is 6.72. The van der Waals surface area contributed by atoms with Crippen molar-refractivity contribution in [2.75, 3.05) is 25.7 Å². The first-order valence-corrected chi connectivity index (χ1v) is 9.94. The van der Waals surface area contributed by atoms with Crippen LogP contribution in [0.4, 0.5) is 5.69 Å². The molecule has 1 unspecified atom stereocenters. The van der Waals surface area contributed by atoms with Crippen molar-refractivity contribution in [2.45, 2.75) is 32.2 Å². The molecule has 1 atom stereocenters. The van der Waals surface area contributed by atoms with E-state index in [9.17, 15) is 14.4 Å². The summed E-state index contributed by atoms with van der Waals surface area (Å²) >= 11 is 0. The molecule has 7 nitrogen and oxygen atoms in total. The van der Waals surface area contributed by atoms with Crippen molar-refractivity contribution in [1.82, 2.24) is 4.90 Å². The first-order valence-electron chi connectivity index (χ1n) is 9.94. The zero-order valence-corrected chi connectivity index (χ0v) is 17.5. The standard InChI is InChI=1S/C23H26N2O5/c1-16-8-4-6-14-24(16)21(26)17-10-12-18(13-11-17)25-15-7-5-9-19(22(27)29-2)20(25)23(28)30-3/h5,7,9-13,15-16H,4,6,8,14H2,1-3H3. The molecule has 1 saturated heterocycles. The lowest BCUT2D eigenvalue weighted by atomic mass is 10.0. The van der Waals surface area contributed by atoms with Gasteiger partial charge < -0.3 is 19.3 Å². The predicted octanol–water partition coefficient (Wildman–Crippen LogP) is 3.19. The average Bonchev–Trinajstić information content (AvgIpc) is 3.01. The molecule has 1 fully saturated rings. The zero-order valence-electron chi connectivity index (χ0n) is 17.5. The maximum absolute atomic E-state index is 12.9. The van der Waals surface area contributed by atoms with Crippen molar-refractivity contribution in [1.29, 1.82) is 0 Å². The van der Waals surface area contributed by atoms with Crippen LogP contribution in [-0.2, 0) is 19.1 Å². The van der Waals surface area contributed by atoms with Gasteiger partial charge in [0, 0.05) is 30.0 Å². The normalized spacial score (nSPS) is 18.8. The number of carbonyl (C=O) groups is 3. The molecule has 0 spiro atoms. The van der Waals surface area contributed by atoms with Crippen LogP contribution in [0.1, 0.15) is 36.5 Å². The molecule has 3 rings (SSSR count). The number of anilines is 1. The number of methoxy groups -OCH3 is 2. The van der Waals surface area contributed by atoms with Crippen LogP contribution < -0.4 is 4.90 Å². The summed E-state index contributed by atoms with van der Waals surface area (Å²) in [5, 5.41) is 0. The summed E-state index contributed by atoms with van der Waals surface area (Å²) in [4.78, 5) is 41.1. The van der Waals surface area contributed by atoms with Crippen molar-refractivity contribution in [3.05, 3.63) is 65.5 Å². The van der Waals surface area contributed by atoms with Gasteiger partial charge in [-0.1, -0.05) is 6.08 Å². The van der Waals surface area contributed by atoms with Gasteiger partial charge in [0.25, 0.3) is 5.91 Å². The van der Waals surface area contributed by atoms with Gasteiger partial charge in [-0.25, -0.2) is 9.59 Å². The number of hydrogen-bond donors (Lipinski definition) is 0. The van der Waals surface area contributed by atoms with Crippen LogP contribution in [0.5, 0.6) is 0 Å². The van der Waals surface area contributed by atoms with Crippen molar-refractivity contribution in [3.63, 3.8) is 0 Å². The molecule has 0 bridgehead atoms. The predicted molar refractivity (Wildman–Crippen MR) is 113 cm³/mol. The summed E-state index contributed by atoms with van der Waals surface area (Å²) in [6.07, 6.45) is 9.68. The summed E-state index contributed by atoms with van der Waals surface area (Å²) in [5.41, 5.74) is 1.32. The highest BCUT2D eigenvalue weighted by Crippen LogP contribution is 2.27. The summed E-state index contributed by atoms with van der Waals surface area (Å²) in [6, 6.07) is 7.18. The molecule has 2 aliphatic rings. The van der Waals surface area contributed by atoms with Crippen LogP contribution in [0.25, 0.3) is 0 Å². The monoisotopic (exact) mass is 410 g/mol. The van der Waals surface area contributed by atoms with Crippen LogP contribution in [0.15, 0.2) is 60.0 Å². The highest BCUT2D eigenvalue weighted by Gasteiger charge is 2.28. The fourth-order valence-electron chi connectivity index (χ4n) is 3.70. The van der Waals surface area contributed by atoms with E-state index in [-0.39, 0.29) is 23.2 Å². The number of piperidine rings is 1. The molecule has 0 aromatic heterocycles. The van der Waals surface area contributed by atoms with Crippen LogP contribution >= 0.6 is 0 Å². The summed E-state index contributed by atoms with van der Waals surface area (Å²) < 4.78 is 9.72. The lowest BCUT2D eigenvalue weighted by Crippen LogP contribution is -2.42. The number of hydrogen-bond acceptors (Lipinski definition) is 6. The lowest BCUT2D eigenvalue weighted by Gasteiger charge is -2.33. The fraction of sp³-hybridized carbons (Fsp3) is 0.348. The topological polar surface area (TPSA) is 76.2 Å². The van der Waals surface area contributed by atoms with E-state index in [1.165, 1.54) is 20.3 Å². The van der Waals surface area contributed by atoms with E-state index in [1.807, 2.05) is 4.90 Å². The molecular formula is C23H26N2O5. The van der Waals surface area contributed by atoms with Crippen molar-refractivity contribution in [3.8, 4) is 0 Å². The number of carbonyl (C=O) groups excluding carboxylic acids is 3. The Morgan fingerprint density at radius 1 is 0.967 bits per heavy atom. The maximum atomic E-state index is 12.9. The third-order valence-corrected chi connectivity index (χ3v) is 5.35. The minimum Gasteiger partial charge on any atom is -0.465 e. The number of esters is 2. The van der Waals surface area contributed by atoms with Crippen LogP contribution in [0.2, 0.25) is 0 Å². The highest BCUT2D eigenvalue weighted by molar-refractivity contribution is 6.05. The average molecular weight is 410 g/mol. The van der Waals surface area contributed by atoms with Crippen LogP contribution in [0.3, 0.4) is 0 Å². The fourth-order valence-corrected chi connectivity index (χ4v) is 3.70. The van der Waals surface area contributed by atoms with Crippen molar-refractivity contribution >= 4 is 23.5 Å². The van der Waals surface area contributed by atoms with E-state index < -0.39 is 11.9 Å². The molecule has 0 aliphatic carbocycles. The quantitative estimate of drug-likeness (QED) is 0.710. The Bertz CT molecular complexity index is 914. The number of ether oxygens (including phenoxy) is 2. The summed E-state index contributed by atoms with van der Waals surface area (Å²) in [7, 11) is 2.50. The van der Waals surface area contributed by atoms with E-state index >= 15 is 0 Å². The third kappa shape index (κ3) is 4.30. The highest BCUT2D eigenvalue weighted by atomic mass is 16.5. The molecule has 0 saturated carbocycles. The molecule has 7 heteroatoms. The van der Waals surface area contributed by atoms with Crippen molar-refractivity contribution in [2.24, 2.45) is 0 Å². The zero-order chi connectivity index (χ0) is 21.7. The van der Waals surface area contributed by atoms with E-state index in [4.69, 9.17) is 9.47 Å². The molecule has 1 aromatic rings.